The van der Waals surface area contributed by atoms with Crippen LogP contribution >= 0.6 is 34.3 Å². The number of carbonyl (C=O) groups excluding carboxylic acids is 1. The highest BCUT2D eigenvalue weighted by Crippen LogP contribution is 2.32. The number of hydrogen-bond acceptors (Lipinski definition) is 5. The van der Waals surface area contributed by atoms with Gasteiger partial charge in [0.15, 0.2) is 5.13 Å². The van der Waals surface area contributed by atoms with Gasteiger partial charge in [0.05, 0.1) is 10.2 Å². The molecule has 0 radical (unpaired) electrons. The lowest BCUT2D eigenvalue weighted by atomic mass is 10.2. The number of carbonyl (C=O) groups is 1. The second-order valence-corrected chi connectivity index (χ2v) is 7.31. The molecule has 7 heteroatoms. The number of amides is 1. The number of thiazole rings is 2. The van der Waals surface area contributed by atoms with Crippen molar-refractivity contribution in [3.05, 3.63) is 64.5 Å². The molecule has 4 rings (SSSR count). The van der Waals surface area contributed by atoms with E-state index in [2.05, 4.69) is 15.3 Å². The third-order valence-electron chi connectivity index (χ3n) is 3.34. The maximum Gasteiger partial charge on any atom is 0.257 e. The Hall–Kier alpha value is -2.28. The molecule has 1 amide bonds. The van der Waals surface area contributed by atoms with Crippen molar-refractivity contribution in [3.8, 4) is 10.7 Å². The molecule has 0 saturated carbocycles. The molecule has 2 aromatic heterocycles. The summed E-state index contributed by atoms with van der Waals surface area (Å²) in [7, 11) is 0. The Morgan fingerprint density at radius 2 is 1.83 bits per heavy atom. The summed E-state index contributed by atoms with van der Waals surface area (Å²) in [5.41, 5.74) is 2.26. The predicted octanol–water partition coefficient (Wildman–Crippen LogP) is 5.33. The van der Waals surface area contributed by atoms with Gasteiger partial charge in [-0.05, 0) is 36.4 Å². The highest BCUT2D eigenvalue weighted by molar-refractivity contribution is 7.22. The van der Waals surface area contributed by atoms with Gasteiger partial charge in [-0.2, -0.15) is 0 Å². The number of halogens is 1. The summed E-state index contributed by atoms with van der Waals surface area (Å²) in [6.45, 7) is 0. The number of anilines is 1. The number of aromatic nitrogens is 2. The third kappa shape index (κ3) is 3.03. The van der Waals surface area contributed by atoms with Crippen LogP contribution in [0.25, 0.3) is 20.9 Å². The summed E-state index contributed by atoms with van der Waals surface area (Å²) in [5.74, 6) is -0.211. The van der Waals surface area contributed by atoms with E-state index >= 15 is 0 Å². The quantitative estimate of drug-likeness (QED) is 0.529. The second-order valence-electron chi connectivity index (χ2n) is 4.99. The van der Waals surface area contributed by atoms with Gasteiger partial charge < -0.3 is 0 Å². The van der Waals surface area contributed by atoms with Crippen molar-refractivity contribution < 1.29 is 4.79 Å². The molecule has 118 valence electrons. The molecule has 2 heterocycles. The Labute approximate surface area is 150 Å². The van der Waals surface area contributed by atoms with Gasteiger partial charge in [0.25, 0.3) is 5.91 Å². The Balaban J connectivity index is 1.56. The van der Waals surface area contributed by atoms with Crippen LogP contribution in [0.15, 0.2) is 53.9 Å². The van der Waals surface area contributed by atoms with Gasteiger partial charge in [0, 0.05) is 16.0 Å². The summed E-state index contributed by atoms with van der Waals surface area (Å²) in [6.07, 6.45) is 0. The fourth-order valence-corrected chi connectivity index (χ4v) is 4.00. The lowest BCUT2D eigenvalue weighted by molar-refractivity contribution is 0.102. The van der Waals surface area contributed by atoms with Crippen LogP contribution in [0.1, 0.15) is 10.4 Å². The first kappa shape index (κ1) is 15.3. The molecule has 0 atom stereocenters. The molecule has 0 aliphatic heterocycles. The van der Waals surface area contributed by atoms with Gasteiger partial charge >= 0.3 is 0 Å². The van der Waals surface area contributed by atoms with Crippen molar-refractivity contribution in [3.63, 3.8) is 0 Å². The molecule has 24 heavy (non-hydrogen) atoms. The number of rotatable bonds is 3. The lowest BCUT2D eigenvalue weighted by Crippen LogP contribution is -2.11. The first-order valence-corrected chi connectivity index (χ1v) is 9.15. The highest BCUT2D eigenvalue weighted by atomic mass is 35.5. The number of nitrogens with zero attached hydrogens (tertiary/aromatic N) is 2. The van der Waals surface area contributed by atoms with Crippen LogP contribution < -0.4 is 5.32 Å². The second kappa shape index (κ2) is 6.32. The maximum atomic E-state index is 12.2. The van der Waals surface area contributed by atoms with Gasteiger partial charge in [-0.15, -0.1) is 22.7 Å². The smallest absolute Gasteiger partial charge is 0.257 e. The third-order valence-corrected chi connectivity index (χ3v) is 5.41. The Bertz CT molecular complexity index is 991. The van der Waals surface area contributed by atoms with Gasteiger partial charge in [0.2, 0.25) is 0 Å². The fraction of sp³-hybridized carbons (Fsp3) is 0. The van der Waals surface area contributed by atoms with Crippen LogP contribution in [0.4, 0.5) is 5.13 Å². The first-order chi connectivity index (χ1) is 11.7. The Kier molecular flexibility index (Phi) is 4.02. The predicted molar refractivity (Wildman–Crippen MR) is 100 cm³/mol. The summed E-state index contributed by atoms with van der Waals surface area (Å²) >= 11 is 8.80. The molecule has 0 aliphatic carbocycles. The number of benzene rings is 2. The van der Waals surface area contributed by atoms with Crippen molar-refractivity contribution >= 4 is 55.5 Å². The van der Waals surface area contributed by atoms with Crippen LogP contribution in [0.5, 0.6) is 0 Å². The zero-order chi connectivity index (χ0) is 16.5. The minimum atomic E-state index is -0.211. The molecular formula is C17H10ClN3OS2. The minimum Gasteiger partial charge on any atom is -0.298 e. The van der Waals surface area contributed by atoms with E-state index in [0.717, 1.165) is 20.9 Å². The van der Waals surface area contributed by atoms with Crippen molar-refractivity contribution in [1.82, 2.24) is 9.97 Å². The zero-order valence-electron chi connectivity index (χ0n) is 12.2. The maximum absolute atomic E-state index is 12.2. The van der Waals surface area contributed by atoms with E-state index in [-0.39, 0.29) is 5.91 Å². The normalized spacial score (nSPS) is 10.9. The minimum absolute atomic E-state index is 0.211. The monoisotopic (exact) mass is 371 g/mol. The summed E-state index contributed by atoms with van der Waals surface area (Å²) in [6, 6.07) is 14.7. The molecule has 0 fully saturated rings. The van der Waals surface area contributed by atoms with E-state index in [1.807, 2.05) is 29.6 Å². The van der Waals surface area contributed by atoms with E-state index in [0.29, 0.717) is 15.7 Å². The molecule has 0 unspecified atom stereocenters. The average Bonchev–Trinajstić information content (AvgIpc) is 3.21. The standard InChI is InChI=1S/C17H10ClN3OS2/c18-11-7-5-10(6-8-11)15(22)21-17-20-13(9-23-17)16-19-12-3-1-2-4-14(12)24-16/h1-9H,(H,20,21,22). The largest absolute Gasteiger partial charge is 0.298 e. The first-order valence-electron chi connectivity index (χ1n) is 7.07. The number of nitrogens with one attached hydrogen (secondary N) is 1. The van der Waals surface area contributed by atoms with Crippen molar-refractivity contribution in [2.75, 3.05) is 5.32 Å². The lowest BCUT2D eigenvalue weighted by Gasteiger charge is -2.01. The van der Waals surface area contributed by atoms with Gasteiger partial charge in [-0.25, -0.2) is 9.97 Å². The summed E-state index contributed by atoms with van der Waals surface area (Å²) in [4.78, 5) is 21.3. The molecule has 0 bridgehead atoms. The molecule has 2 aromatic carbocycles. The molecule has 0 saturated heterocycles. The van der Waals surface area contributed by atoms with Crippen molar-refractivity contribution in [2.24, 2.45) is 0 Å². The summed E-state index contributed by atoms with van der Waals surface area (Å²) < 4.78 is 1.12. The molecule has 4 nitrogen and oxygen atoms in total. The fourth-order valence-electron chi connectivity index (χ4n) is 2.18. The summed E-state index contributed by atoms with van der Waals surface area (Å²) in [5, 5.41) is 6.69. The molecule has 4 aromatic rings. The van der Waals surface area contributed by atoms with E-state index in [4.69, 9.17) is 11.6 Å². The molecular weight excluding hydrogens is 362 g/mol. The molecule has 1 N–H and O–H groups in total. The van der Waals surface area contributed by atoms with Gasteiger partial charge in [0.1, 0.15) is 10.7 Å². The number of hydrogen-bond donors (Lipinski definition) is 1. The highest BCUT2D eigenvalue weighted by Gasteiger charge is 2.12. The van der Waals surface area contributed by atoms with E-state index < -0.39 is 0 Å². The topological polar surface area (TPSA) is 54.9 Å². The van der Waals surface area contributed by atoms with Crippen LogP contribution in [0.2, 0.25) is 5.02 Å². The Morgan fingerprint density at radius 1 is 1.04 bits per heavy atom. The van der Waals surface area contributed by atoms with Gasteiger partial charge in [-0.3, -0.25) is 10.1 Å². The van der Waals surface area contributed by atoms with Crippen LogP contribution in [0, 0.1) is 0 Å². The van der Waals surface area contributed by atoms with E-state index in [1.54, 1.807) is 35.6 Å². The van der Waals surface area contributed by atoms with Crippen LogP contribution in [-0.4, -0.2) is 15.9 Å². The zero-order valence-corrected chi connectivity index (χ0v) is 14.6. The SMILES string of the molecule is O=C(Nc1nc(-c2nc3ccccc3s2)cs1)c1ccc(Cl)cc1. The Morgan fingerprint density at radius 3 is 2.62 bits per heavy atom. The van der Waals surface area contributed by atoms with Crippen LogP contribution in [0.3, 0.4) is 0 Å². The van der Waals surface area contributed by atoms with Crippen molar-refractivity contribution in [2.45, 2.75) is 0 Å². The van der Waals surface area contributed by atoms with Gasteiger partial charge in [-0.1, -0.05) is 23.7 Å². The molecule has 0 spiro atoms. The number of para-hydroxylation sites is 1. The van der Waals surface area contributed by atoms with Crippen molar-refractivity contribution in [1.29, 1.82) is 0 Å². The van der Waals surface area contributed by atoms with E-state index in [9.17, 15) is 4.79 Å². The van der Waals surface area contributed by atoms with E-state index in [1.165, 1.54) is 11.3 Å². The number of fused-ring (bicyclic) bond motifs is 1. The van der Waals surface area contributed by atoms with Crippen LogP contribution in [-0.2, 0) is 0 Å². The average molecular weight is 372 g/mol. The molecule has 0 aliphatic rings.